The number of pyridine rings is 1. The minimum Gasteiger partial charge on any atom is -0.379 e. The molecule has 2 N–H and O–H groups in total. The van der Waals surface area contributed by atoms with E-state index in [1.54, 1.807) is 12.3 Å². The fourth-order valence-electron chi connectivity index (χ4n) is 1.92. The summed E-state index contributed by atoms with van der Waals surface area (Å²) < 4.78 is 7.42. The zero-order valence-corrected chi connectivity index (χ0v) is 12.0. The van der Waals surface area contributed by atoms with Gasteiger partial charge in [0, 0.05) is 19.3 Å². The monoisotopic (exact) mass is 282 g/mol. The van der Waals surface area contributed by atoms with Crippen molar-refractivity contribution in [2.75, 3.05) is 12.3 Å². The molecule has 0 saturated carbocycles. The highest BCUT2D eigenvalue weighted by atomic mass is 35.5. The third-order valence-corrected chi connectivity index (χ3v) is 3.02. The highest BCUT2D eigenvalue weighted by Gasteiger charge is 2.09. The smallest absolute Gasteiger partial charge is 0.202 e. The summed E-state index contributed by atoms with van der Waals surface area (Å²) in [6.07, 6.45) is 3.86. The molecular weight excluding hydrogens is 264 g/mol. The molecular formula is C13H19ClN4O. The van der Waals surface area contributed by atoms with E-state index in [0.717, 1.165) is 37.2 Å². The molecule has 0 fully saturated rings. The van der Waals surface area contributed by atoms with Crippen molar-refractivity contribution in [1.29, 1.82) is 0 Å². The Balaban J connectivity index is 1.98. The Kier molecular flexibility index (Phi) is 4.61. The number of nitrogens with zero attached hydrogens (tertiary/aromatic N) is 3. The molecule has 0 saturated heterocycles. The Hall–Kier alpha value is -1.33. The first-order valence-corrected chi connectivity index (χ1v) is 6.84. The van der Waals surface area contributed by atoms with Crippen LogP contribution in [0.25, 0.3) is 11.2 Å². The van der Waals surface area contributed by atoms with Gasteiger partial charge in [0.15, 0.2) is 5.65 Å². The van der Waals surface area contributed by atoms with Crippen molar-refractivity contribution in [2.45, 2.75) is 39.3 Å². The number of anilines is 1. The number of imidazole rings is 1. The van der Waals surface area contributed by atoms with Crippen LogP contribution in [-0.4, -0.2) is 27.2 Å². The van der Waals surface area contributed by atoms with Crippen molar-refractivity contribution in [3.63, 3.8) is 0 Å². The number of aromatic nitrogens is 3. The topological polar surface area (TPSA) is 66.0 Å². The molecule has 2 heterocycles. The van der Waals surface area contributed by atoms with Gasteiger partial charge in [0.2, 0.25) is 5.95 Å². The summed E-state index contributed by atoms with van der Waals surface area (Å²) >= 11 is 5.89. The van der Waals surface area contributed by atoms with Crippen LogP contribution in [0.2, 0.25) is 5.02 Å². The summed E-state index contributed by atoms with van der Waals surface area (Å²) in [5.74, 6) is 0.481. The number of ether oxygens (including phenoxy) is 1. The van der Waals surface area contributed by atoms with Crippen molar-refractivity contribution in [2.24, 2.45) is 0 Å². The molecule has 0 aliphatic rings. The summed E-state index contributed by atoms with van der Waals surface area (Å²) in [6, 6.07) is 1.78. The van der Waals surface area contributed by atoms with E-state index in [1.807, 2.05) is 18.4 Å². The summed E-state index contributed by atoms with van der Waals surface area (Å²) in [5, 5.41) is 0.572. The van der Waals surface area contributed by atoms with Gasteiger partial charge in [-0.15, -0.1) is 0 Å². The van der Waals surface area contributed by atoms with Crippen molar-refractivity contribution in [3.05, 3.63) is 17.3 Å². The lowest BCUT2D eigenvalue weighted by Crippen LogP contribution is -2.07. The molecule has 0 amide bonds. The van der Waals surface area contributed by atoms with Crippen LogP contribution < -0.4 is 5.73 Å². The van der Waals surface area contributed by atoms with Crippen LogP contribution in [0.15, 0.2) is 12.3 Å². The normalized spacial score (nSPS) is 11.6. The molecule has 0 atom stereocenters. The Morgan fingerprint density at radius 1 is 1.42 bits per heavy atom. The Labute approximate surface area is 117 Å². The first-order valence-electron chi connectivity index (χ1n) is 6.47. The molecule has 0 aliphatic heterocycles. The molecule has 19 heavy (non-hydrogen) atoms. The number of halogens is 1. The molecule has 2 aromatic heterocycles. The van der Waals surface area contributed by atoms with Gasteiger partial charge in [-0.2, -0.15) is 0 Å². The SMILES string of the molecule is CC(C)OCCCCn1c(N)nc2cc(Cl)cnc21. The van der Waals surface area contributed by atoms with Crippen LogP contribution in [-0.2, 0) is 11.3 Å². The summed E-state index contributed by atoms with van der Waals surface area (Å²) in [4.78, 5) is 8.55. The molecule has 5 nitrogen and oxygen atoms in total. The molecule has 0 aliphatic carbocycles. The number of fused-ring (bicyclic) bond motifs is 1. The summed E-state index contributed by atoms with van der Waals surface area (Å²) in [6.45, 7) is 5.63. The molecule has 2 aromatic rings. The van der Waals surface area contributed by atoms with Crippen LogP contribution in [0.4, 0.5) is 5.95 Å². The number of hydrogen-bond donors (Lipinski definition) is 1. The molecule has 6 heteroatoms. The number of nitrogens with two attached hydrogens (primary N) is 1. The number of aryl methyl sites for hydroxylation is 1. The fraction of sp³-hybridized carbons (Fsp3) is 0.538. The minimum atomic E-state index is 0.281. The quantitative estimate of drug-likeness (QED) is 0.828. The summed E-state index contributed by atoms with van der Waals surface area (Å²) in [5.41, 5.74) is 7.43. The van der Waals surface area contributed by atoms with E-state index in [-0.39, 0.29) is 6.10 Å². The van der Waals surface area contributed by atoms with Crippen LogP contribution >= 0.6 is 11.6 Å². The van der Waals surface area contributed by atoms with Gasteiger partial charge >= 0.3 is 0 Å². The van der Waals surface area contributed by atoms with Gasteiger partial charge in [-0.1, -0.05) is 11.6 Å². The number of unbranched alkanes of at least 4 members (excludes halogenated alkanes) is 1. The highest BCUT2D eigenvalue weighted by Crippen LogP contribution is 2.19. The van der Waals surface area contributed by atoms with Crippen LogP contribution in [0.5, 0.6) is 0 Å². The van der Waals surface area contributed by atoms with E-state index in [0.29, 0.717) is 11.0 Å². The summed E-state index contributed by atoms with van der Waals surface area (Å²) in [7, 11) is 0. The van der Waals surface area contributed by atoms with Gasteiger partial charge in [0.1, 0.15) is 5.52 Å². The lowest BCUT2D eigenvalue weighted by atomic mass is 10.3. The van der Waals surface area contributed by atoms with Gasteiger partial charge in [-0.3, -0.25) is 4.57 Å². The molecule has 0 aromatic carbocycles. The second kappa shape index (κ2) is 6.21. The van der Waals surface area contributed by atoms with E-state index in [9.17, 15) is 0 Å². The second-order valence-electron chi connectivity index (χ2n) is 4.74. The lowest BCUT2D eigenvalue weighted by molar-refractivity contribution is 0.0755. The zero-order valence-electron chi connectivity index (χ0n) is 11.3. The standard InChI is InChI=1S/C13H19ClN4O/c1-9(2)19-6-4-3-5-18-12-11(17-13(18)15)7-10(14)8-16-12/h7-9H,3-6H2,1-2H3,(H2,15,17). The average Bonchev–Trinajstić information content (AvgIpc) is 2.64. The van der Waals surface area contributed by atoms with E-state index in [4.69, 9.17) is 22.1 Å². The van der Waals surface area contributed by atoms with Gasteiger partial charge in [-0.05, 0) is 32.8 Å². The molecule has 0 bridgehead atoms. The van der Waals surface area contributed by atoms with Gasteiger partial charge in [-0.25, -0.2) is 9.97 Å². The van der Waals surface area contributed by atoms with Crippen molar-refractivity contribution in [3.8, 4) is 0 Å². The Morgan fingerprint density at radius 3 is 2.95 bits per heavy atom. The largest absolute Gasteiger partial charge is 0.379 e. The Bertz CT molecular complexity index is 553. The number of hydrogen-bond acceptors (Lipinski definition) is 4. The fourth-order valence-corrected chi connectivity index (χ4v) is 2.07. The molecule has 2 rings (SSSR count). The predicted octanol–water partition coefficient (Wildman–Crippen LogP) is 2.87. The molecule has 104 valence electrons. The second-order valence-corrected chi connectivity index (χ2v) is 5.18. The maximum absolute atomic E-state index is 5.90. The van der Waals surface area contributed by atoms with E-state index in [1.165, 1.54) is 0 Å². The molecule has 0 unspecified atom stereocenters. The zero-order chi connectivity index (χ0) is 13.8. The predicted molar refractivity (Wildman–Crippen MR) is 77.3 cm³/mol. The maximum atomic E-state index is 5.90. The first-order chi connectivity index (χ1) is 9.08. The van der Waals surface area contributed by atoms with E-state index < -0.39 is 0 Å². The van der Waals surface area contributed by atoms with Gasteiger partial charge in [0.25, 0.3) is 0 Å². The molecule has 0 radical (unpaired) electrons. The third kappa shape index (κ3) is 3.58. The number of rotatable bonds is 6. The average molecular weight is 283 g/mol. The first kappa shape index (κ1) is 14.1. The van der Waals surface area contributed by atoms with Crippen LogP contribution in [0.1, 0.15) is 26.7 Å². The third-order valence-electron chi connectivity index (χ3n) is 2.81. The van der Waals surface area contributed by atoms with Gasteiger partial charge in [0.05, 0.1) is 11.1 Å². The van der Waals surface area contributed by atoms with Crippen molar-refractivity contribution >= 4 is 28.7 Å². The van der Waals surface area contributed by atoms with E-state index in [2.05, 4.69) is 9.97 Å². The lowest BCUT2D eigenvalue weighted by Gasteiger charge is -2.08. The van der Waals surface area contributed by atoms with Crippen LogP contribution in [0.3, 0.4) is 0 Å². The minimum absolute atomic E-state index is 0.281. The van der Waals surface area contributed by atoms with Crippen molar-refractivity contribution < 1.29 is 4.74 Å². The molecule has 0 spiro atoms. The highest BCUT2D eigenvalue weighted by molar-refractivity contribution is 6.31. The van der Waals surface area contributed by atoms with E-state index >= 15 is 0 Å². The Morgan fingerprint density at radius 2 is 2.21 bits per heavy atom. The van der Waals surface area contributed by atoms with Crippen LogP contribution in [0, 0.1) is 0 Å². The number of nitrogen functional groups attached to an aromatic ring is 1. The maximum Gasteiger partial charge on any atom is 0.202 e. The van der Waals surface area contributed by atoms with Crippen molar-refractivity contribution in [1.82, 2.24) is 14.5 Å². The van der Waals surface area contributed by atoms with Gasteiger partial charge < -0.3 is 10.5 Å².